The minimum atomic E-state index is -3.56. The van der Waals surface area contributed by atoms with Crippen LogP contribution in [0.5, 0.6) is 0 Å². The summed E-state index contributed by atoms with van der Waals surface area (Å²) in [4.78, 5) is 12.3. The first-order chi connectivity index (χ1) is 12.5. The molecule has 2 aromatic carbocycles. The van der Waals surface area contributed by atoms with Crippen molar-refractivity contribution >= 4 is 15.7 Å². The Balaban J connectivity index is 1.66. The van der Waals surface area contributed by atoms with Crippen LogP contribution in [-0.2, 0) is 22.1 Å². The third-order valence-corrected chi connectivity index (χ3v) is 5.37. The molecule has 5 nitrogen and oxygen atoms in total. The Bertz CT molecular complexity index is 1010. The van der Waals surface area contributed by atoms with Gasteiger partial charge in [-0.3, -0.25) is 4.79 Å². The fourth-order valence-corrected chi connectivity index (χ4v) is 3.65. The van der Waals surface area contributed by atoms with E-state index in [0.29, 0.717) is 5.56 Å². The van der Waals surface area contributed by atoms with Crippen LogP contribution < -0.4 is 5.32 Å². The van der Waals surface area contributed by atoms with E-state index in [0.717, 1.165) is 0 Å². The molecule has 0 atom stereocenters. The van der Waals surface area contributed by atoms with E-state index in [1.165, 1.54) is 30.3 Å². The van der Waals surface area contributed by atoms with E-state index in [9.17, 15) is 17.6 Å². The van der Waals surface area contributed by atoms with Gasteiger partial charge in [-0.1, -0.05) is 36.4 Å². The van der Waals surface area contributed by atoms with Crippen LogP contribution in [0.1, 0.15) is 21.9 Å². The van der Waals surface area contributed by atoms with Crippen LogP contribution >= 0.6 is 0 Å². The van der Waals surface area contributed by atoms with Gasteiger partial charge in [-0.05, 0) is 30.3 Å². The van der Waals surface area contributed by atoms with Crippen molar-refractivity contribution in [2.24, 2.45) is 0 Å². The van der Waals surface area contributed by atoms with Gasteiger partial charge < -0.3 is 9.73 Å². The Hall–Kier alpha value is -2.93. The Morgan fingerprint density at radius 1 is 0.962 bits per heavy atom. The number of carbonyl (C=O) groups is 1. The van der Waals surface area contributed by atoms with Crippen molar-refractivity contribution in [1.29, 1.82) is 0 Å². The van der Waals surface area contributed by atoms with E-state index in [2.05, 4.69) is 5.32 Å². The summed E-state index contributed by atoms with van der Waals surface area (Å²) < 4.78 is 43.5. The topological polar surface area (TPSA) is 76.4 Å². The second-order valence-corrected chi connectivity index (χ2v) is 7.60. The molecule has 1 amide bonds. The monoisotopic (exact) mass is 373 g/mol. The van der Waals surface area contributed by atoms with Crippen molar-refractivity contribution in [3.8, 4) is 0 Å². The molecule has 0 unspecified atom stereocenters. The minimum Gasteiger partial charge on any atom is -0.455 e. The Kier molecular flexibility index (Phi) is 5.18. The molecular formula is C19H16FNO4S. The molecule has 3 aromatic rings. The van der Waals surface area contributed by atoms with E-state index in [1.807, 2.05) is 0 Å². The highest BCUT2D eigenvalue weighted by Gasteiger charge is 2.19. The summed E-state index contributed by atoms with van der Waals surface area (Å²) >= 11 is 0. The molecule has 134 valence electrons. The van der Waals surface area contributed by atoms with Crippen molar-refractivity contribution < 1.29 is 22.0 Å². The number of rotatable bonds is 6. The maximum atomic E-state index is 13.6. The summed E-state index contributed by atoms with van der Waals surface area (Å²) in [6.45, 7) is 0.00382. The molecule has 0 saturated heterocycles. The molecule has 0 aliphatic carbocycles. The molecule has 0 saturated carbocycles. The lowest BCUT2D eigenvalue weighted by Crippen LogP contribution is -2.22. The van der Waals surface area contributed by atoms with E-state index in [4.69, 9.17) is 4.42 Å². The maximum Gasteiger partial charge on any atom is 0.287 e. The van der Waals surface area contributed by atoms with Gasteiger partial charge in [0.1, 0.15) is 17.3 Å². The van der Waals surface area contributed by atoms with Gasteiger partial charge in [-0.15, -0.1) is 0 Å². The average molecular weight is 373 g/mol. The van der Waals surface area contributed by atoms with E-state index in [1.54, 1.807) is 36.4 Å². The van der Waals surface area contributed by atoms with E-state index >= 15 is 0 Å². The lowest BCUT2D eigenvalue weighted by atomic mass is 10.2. The van der Waals surface area contributed by atoms with Crippen LogP contribution in [0.3, 0.4) is 0 Å². The van der Waals surface area contributed by atoms with Crippen LogP contribution in [-0.4, -0.2) is 14.3 Å². The fourth-order valence-electron chi connectivity index (χ4n) is 2.38. The Labute approximate surface area is 150 Å². The van der Waals surface area contributed by atoms with Gasteiger partial charge in [0.25, 0.3) is 5.91 Å². The molecular weight excluding hydrogens is 357 g/mol. The lowest BCUT2D eigenvalue weighted by molar-refractivity contribution is 0.0921. The summed E-state index contributed by atoms with van der Waals surface area (Å²) in [6.07, 6.45) is 0. The van der Waals surface area contributed by atoms with Crippen LogP contribution in [0.15, 0.2) is 76.0 Å². The largest absolute Gasteiger partial charge is 0.455 e. The van der Waals surface area contributed by atoms with Gasteiger partial charge in [0.05, 0.1) is 4.90 Å². The number of amides is 1. The van der Waals surface area contributed by atoms with Crippen molar-refractivity contribution in [3.05, 3.63) is 89.6 Å². The van der Waals surface area contributed by atoms with Gasteiger partial charge in [0.15, 0.2) is 15.6 Å². The first kappa shape index (κ1) is 17.9. The lowest BCUT2D eigenvalue weighted by Gasteiger charge is -2.05. The van der Waals surface area contributed by atoms with Gasteiger partial charge in [0.2, 0.25) is 0 Å². The number of carbonyl (C=O) groups excluding carboxylic acids is 1. The first-order valence-electron chi connectivity index (χ1n) is 7.84. The van der Waals surface area contributed by atoms with Gasteiger partial charge in [-0.25, -0.2) is 12.8 Å². The number of benzene rings is 2. The number of halogens is 1. The van der Waals surface area contributed by atoms with Crippen molar-refractivity contribution in [3.63, 3.8) is 0 Å². The Morgan fingerprint density at radius 2 is 1.65 bits per heavy atom. The second kappa shape index (κ2) is 7.53. The quantitative estimate of drug-likeness (QED) is 0.719. The number of nitrogens with one attached hydrogen (secondary N) is 1. The zero-order valence-corrected chi connectivity index (χ0v) is 14.5. The fraction of sp³-hybridized carbons (Fsp3) is 0.105. The van der Waals surface area contributed by atoms with Crippen molar-refractivity contribution in [2.45, 2.75) is 17.2 Å². The van der Waals surface area contributed by atoms with E-state index in [-0.39, 0.29) is 28.7 Å². The first-order valence-corrected chi connectivity index (χ1v) is 9.49. The molecule has 0 radical (unpaired) electrons. The highest BCUT2D eigenvalue weighted by atomic mass is 32.2. The van der Waals surface area contributed by atoms with Gasteiger partial charge in [-0.2, -0.15) is 0 Å². The number of furan rings is 1. The predicted molar refractivity (Wildman–Crippen MR) is 93.6 cm³/mol. The third kappa shape index (κ3) is 4.18. The highest BCUT2D eigenvalue weighted by Crippen LogP contribution is 2.18. The predicted octanol–water partition coefficient (Wildman–Crippen LogP) is 3.32. The summed E-state index contributed by atoms with van der Waals surface area (Å²) in [5.41, 5.74) is 0.347. The molecule has 0 aliphatic rings. The normalized spacial score (nSPS) is 11.3. The smallest absolute Gasteiger partial charge is 0.287 e. The molecule has 0 fully saturated rings. The molecule has 26 heavy (non-hydrogen) atoms. The number of hydrogen-bond acceptors (Lipinski definition) is 4. The maximum absolute atomic E-state index is 13.6. The zero-order valence-electron chi connectivity index (χ0n) is 13.7. The van der Waals surface area contributed by atoms with Crippen LogP contribution in [0.4, 0.5) is 4.39 Å². The summed E-state index contributed by atoms with van der Waals surface area (Å²) in [6, 6.07) is 16.9. The molecule has 1 aromatic heterocycles. The summed E-state index contributed by atoms with van der Waals surface area (Å²) in [5.74, 6) is -1.18. The van der Waals surface area contributed by atoms with Crippen LogP contribution in [0.2, 0.25) is 0 Å². The highest BCUT2D eigenvalue weighted by molar-refractivity contribution is 7.90. The number of sulfone groups is 1. The molecule has 1 N–H and O–H groups in total. The zero-order chi connectivity index (χ0) is 18.6. The molecule has 0 aliphatic heterocycles. The molecule has 0 bridgehead atoms. The second-order valence-electron chi connectivity index (χ2n) is 5.61. The molecule has 3 rings (SSSR count). The van der Waals surface area contributed by atoms with Crippen LogP contribution in [0, 0.1) is 5.82 Å². The van der Waals surface area contributed by atoms with Crippen molar-refractivity contribution in [1.82, 2.24) is 5.32 Å². The summed E-state index contributed by atoms with van der Waals surface area (Å²) in [7, 11) is -3.56. The van der Waals surface area contributed by atoms with Gasteiger partial charge >= 0.3 is 0 Å². The van der Waals surface area contributed by atoms with Crippen LogP contribution in [0.25, 0.3) is 0 Å². The molecule has 0 spiro atoms. The summed E-state index contributed by atoms with van der Waals surface area (Å²) in [5, 5.41) is 2.54. The third-order valence-electron chi connectivity index (χ3n) is 3.72. The average Bonchev–Trinajstić information content (AvgIpc) is 3.09. The minimum absolute atomic E-state index is 0.00382. The SMILES string of the molecule is O=C(NCc1ccccc1F)c1ccc(CS(=O)(=O)c2ccccc2)o1. The number of hydrogen-bond donors (Lipinski definition) is 1. The molecule has 1 heterocycles. The molecule has 7 heteroatoms. The Morgan fingerprint density at radius 3 is 2.38 bits per heavy atom. The van der Waals surface area contributed by atoms with Gasteiger partial charge in [0, 0.05) is 12.1 Å². The van der Waals surface area contributed by atoms with Crippen molar-refractivity contribution in [2.75, 3.05) is 0 Å². The standard InChI is InChI=1S/C19H16FNO4S/c20-17-9-5-4-6-14(17)12-21-19(22)18-11-10-15(25-18)13-26(23,24)16-7-2-1-3-8-16/h1-11H,12-13H2,(H,21,22). The van der Waals surface area contributed by atoms with E-state index < -0.39 is 21.6 Å².